The molecule has 0 aliphatic carbocycles. The van der Waals surface area contributed by atoms with Gasteiger partial charge in [0.15, 0.2) is 0 Å². The van der Waals surface area contributed by atoms with Crippen molar-refractivity contribution in [3.63, 3.8) is 0 Å². The van der Waals surface area contributed by atoms with E-state index in [0.29, 0.717) is 0 Å². The molecule has 4 nitrogen and oxygen atoms in total. The summed E-state index contributed by atoms with van der Waals surface area (Å²) in [6.45, 7) is 5.44. The van der Waals surface area contributed by atoms with Crippen LogP contribution in [0, 0.1) is 0 Å². The fourth-order valence-electron chi connectivity index (χ4n) is 1.33. The van der Waals surface area contributed by atoms with Gasteiger partial charge in [-0.1, -0.05) is 6.92 Å². The normalized spacial score (nSPS) is 13.1. The number of rotatable bonds is 5. The topological polar surface area (TPSA) is 46.9 Å². The molecular weight excluding hydrogens is 228 g/mol. The Morgan fingerprint density at radius 1 is 1.53 bits per heavy atom. The van der Waals surface area contributed by atoms with E-state index in [1.165, 1.54) is 6.07 Å². The van der Waals surface area contributed by atoms with Crippen molar-refractivity contribution in [1.82, 2.24) is 15.1 Å². The van der Waals surface area contributed by atoms with Crippen LogP contribution in [0.2, 0.25) is 0 Å². The van der Waals surface area contributed by atoms with Gasteiger partial charge in [0.2, 0.25) is 0 Å². The quantitative estimate of drug-likeness (QED) is 0.864. The highest BCUT2D eigenvalue weighted by Gasteiger charge is 2.22. The van der Waals surface area contributed by atoms with E-state index in [2.05, 4.69) is 10.4 Å². The zero-order valence-corrected chi connectivity index (χ0v) is 10.2. The van der Waals surface area contributed by atoms with Gasteiger partial charge >= 0.3 is 0 Å². The maximum atomic E-state index is 12.5. The molecule has 1 heterocycles. The van der Waals surface area contributed by atoms with Crippen molar-refractivity contribution in [2.24, 2.45) is 0 Å². The van der Waals surface area contributed by atoms with Crippen LogP contribution in [0.4, 0.5) is 8.78 Å². The largest absolute Gasteiger partial charge is 0.342 e. The van der Waals surface area contributed by atoms with E-state index in [1.807, 2.05) is 13.8 Å². The fraction of sp³-hybridized carbons (Fsp3) is 0.636. The van der Waals surface area contributed by atoms with Crippen LogP contribution in [0.25, 0.3) is 0 Å². The number of nitrogens with one attached hydrogen (secondary N) is 1. The molecule has 0 aliphatic rings. The molecule has 1 atom stereocenters. The van der Waals surface area contributed by atoms with Crippen LogP contribution >= 0.6 is 0 Å². The van der Waals surface area contributed by atoms with Crippen molar-refractivity contribution >= 4 is 5.91 Å². The van der Waals surface area contributed by atoms with Gasteiger partial charge in [-0.2, -0.15) is 5.10 Å². The number of aromatic nitrogens is 2. The first-order valence-electron chi connectivity index (χ1n) is 5.59. The Bertz CT molecular complexity index is 377. The first kappa shape index (κ1) is 13.6. The smallest absolute Gasteiger partial charge is 0.272 e. The molecule has 1 rings (SSSR count). The fourth-order valence-corrected chi connectivity index (χ4v) is 1.33. The van der Waals surface area contributed by atoms with Crippen molar-refractivity contribution in [2.75, 3.05) is 0 Å². The van der Waals surface area contributed by atoms with Gasteiger partial charge in [-0.15, -0.1) is 0 Å². The van der Waals surface area contributed by atoms with Gasteiger partial charge in [0, 0.05) is 12.2 Å². The standard InChI is InChI=1S/C11H17F2N3O/c1-4-8(10(12)13)14-11(17)9-5-6-16(15-9)7(2)3/h5-8,10H,4H2,1-3H3,(H,14,17). The molecule has 0 fully saturated rings. The molecule has 1 aromatic rings. The van der Waals surface area contributed by atoms with Crippen LogP contribution in [-0.2, 0) is 0 Å². The minimum Gasteiger partial charge on any atom is -0.342 e. The maximum Gasteiger partial charge on any atom is 0.272 e. The van der Waals surface area contributed by atoms with Gasteiger partial charge in [0.25, 0.3) is 12.3 Å². The van der Waals surface area contributed by atoms with Crippen molar-refractivity contribution in [3.05, 3.63) is 18.0 Å². The molecule has 0 saturated heterocycles. The van der Waals surface area contributed by atoms with E-state index in [0.717, 1.165) is 0 Å². The summed E-state index contributed by atoms with van der Waals surface area (Å²) in [6, 6.07) is 0.536. The zero-order chi connectivity index (χ0) is 13.0. The number of alkyl halides is 2. The molecule has 0 saturated carbocycles. The lowest BCUT2D eigenvalue weighted by Gasteiger charge is -2.14. The lowest BCUT2D eigenvalue weighted by molar-refractivity contribution is 0.0732. The van der Waals surface area contributed by atoms with E-state index in [4.69, 9.17) is 0 Å². The van der Waals surface area contributed by atoms with E-state index >= 15 is 0 Å². The van der Waals surface area contributed by atoms with Crippen molar-refractivity contribution in [3.8, 4) is 0 Å². The predicted octanol–water partition coefficient (Wildman–Crippen LogP) is 2.24. The van der Waals surface area contributed by atoms with Crippen LogP contribution in [0.1, 0.15) is 43.7 Å². The minimum atomic E-state index is -2.56. The van der Waals surface area contributed by atoms with Crippen LogP contribution in [0.15, 0.2) is 12.3 Å². The van der Waals surface area contributed by atoms with Crippen LogP contribution in [0.5, 0.6) is 0 Å². The van der Waals surface area contributed by atoms with E-state index in [-0.39, 0.29) is 18.2 Å². The molecule has 96 valence electrons. The van der Waals surface area contributed by atoms with Crippen molar-refractivity contribution in [2.45, 2.75) is 45.7 Å². The average molecular weight is 245 g/mol. The molecule has 0 bridgehead atoms. The lowest BCUT2D eigenvalue weighted by Crippen LogP contribution is -2.39. The molecular formula is C11H17F2N3O. The van der Waals surface area contributed by atoms with Crippen molar-refractivity contribution < 1.29 is 13.6 Å². The highest BCUT2D eigenvalue weighted by atomic mass is 19.3. The lowest BCUT2D eigenvalue weighted by atomic mass is 10.2. The first-order chi connectivity index (χ1) is 7.95. The van der Waals surface area contributed by atoms with E-state index < -0.39 is 18.4 Å². The average Bonchev–Trinajstić information content (AvgIpc) is 2.74. The highest BCUT2D eigenvalue weighted by molar-refractivity contribution is 5.92. The molecule has 1 unspecified atom stereocenters. The summed E-state index contributed by atoms with van der Waals surface area (Å²) in [5.41, 5.74) is 0.165. The second-order valence-electron chi connectivity index (χ2n) is 4.10. The minimum absolute atomic E-state index is 0.133. The van der Waals surface area contributed by atoms with Crippen molar-refractivity contribution in [1.29, 1.82) is 0 Å². The molecule has 17 heavy (non-hydrogen) atoms. The maximum absolute atomic E-state index is 12.5. The first-order valence-corrected chi connectivity index (χ1v) is 5.59. The summed E-state index contributed by atoms with van der Waals surface area (Å²) in [7, 11) is 0. The molecule has 0 spiro atoms. The molecule has 0 aromatic carbocycles. The Morgan fingerprint density at radius 3 is 2.59 bits per heavy atom. The Labute approximate surface area is 99.0 Å². The third-order valence-corrected chi connectivity index (χ3v) is 2.43. The van der Waals surface area contributed by atoms with Gasteiger partial charge in [-0.05, 0) is 26.3 Å². The molecule has 1 aromatic heterocycles. The van der Waals surface area contributed by atoms with Crippen LogP contribution < -0.4 is 5.32 Å². The van der Waals surface area contributed by atoms with Gasteiger partial charge in [0.05, 0.1) is 6.04 Å². The third kappa shape index (κ3) is 3.51. The molecule has 6 heteroatoms. The summed E-state index contributed by atoms with van der Waals surface area (Å²) in [6.07, 6.45) is -0.715. The van der Waals surface area contributed by atoms with Gasteiger partial charge < -0.3 is 5.32 Å². The van der Waals surface area contributed by atoms with Gasteiger partial charge in [-0.25, -0.2) is 8.78 Å². The summed E-state index contributed by atoms with van der Waals surface area (Å²) in [5, 5.41) is 6.29. The Hall–Kier alpha value is -1.46. The Kier molecular flexibility index (Phi) is 4.60. The Morgan fingerprint density at radius 2 is 2.18 bits per heavy atom. The number of carbonyl (C=O) groups excluding carboxylic acids is 1. The summed E-state index contributed by atoms with van der Waals surface area (Å²) >= 11 is 0. The predicted molar refractivity (Wildman–Crippen MR) is 60.2 cm³/mol. The monoisotopic (exact) mass is 245 g/mol. The molecule has 1 amide bonds. The number of carbonyl (C=O) groups is 1. The molecule has 0 aliphatic heterocycles. The number of hydrogen-bond acceptors (Lipinski definition) is 2. The van der Waals surface area contributed by atoms with Gasteiger partial charge in [0.1, 0.15) is 5.69 Å². The van der Waals surface area contributed by atoms with E-state index in [9.17, 15) is 13.6 Å². The summed E-state index contributed by atoms with van der Waals surface area (Å²) < 4.78 is 26.5. The van der Waals surface area contributed by atoms with Crippen LogP contribution in [-0.4, -0.2) is 28.2 Å². The van der Waals surface area contributed by atoms with Crippen LogP contribution in [0.3, 0.4) is 0 Å². The van der Waals surface area contributed by atoms with Gasteiger partial charge in [-0.3, -0.25) is 9.48 Å². The highest BCUT2D eigenvalue weighted by Crippen LogP contribution is 2.08. The summed E-state index contributed by atoms with van der Waals surface area (Å²) in [5.74, 6) is -0.559. The number of amides is 1. The second kappa shape index (κ2) is 5.75. The number of halogens is 2. The third-order valence-electron chi connectivity index (χ3n) is 2.43. The summed E-state index contributed by atoms with van der Waals surface area (Å²) in [4.78, 5) is 11.6. The molecule has 0 radical (unpaired) electrons. The Balaban J connectivity index is 2.69. The SMILES string of the molecule is CCC(NC(=O)c1ccn(C(C)C)n1)C(F)F. The zero-order valence-electron chi connectivity index (χ0n) is 10.2. The number of hydrogen-bond donors (Lipinski definition) is 1. The van der Waals surface area contributed by atoms with E-state index in [1.54, 1.807) is 17.8 Å². The molecule has 1 N–H and O–H groups in total. The number of nitrogens with zero attached hydrogens (tertiary/aromatic N) is 2. The second-order valence-corrected chi connectivity index (χ2v) is 4.10.